The molecule has 0 aromatic heterocycles. The number of benzene rings is 5. The van der Waals surface area contributed by atoms with Crippen LogP contribution in [0, 0.1) is 17.8 Å². The fourth-order valence-corrected chi connectivity index (χ4v) is 10.1. The Morgan fingerprint density at radius 2 is 1.15 bits per heavy atom. The Morgan fingerprint density at radius 3 is 1.67 bits per heavy atom. The normalized spacial score (nSPS) is 22.3. The number of fused-ring (bicyclic) bond motifs is 2. The Hall–Kier alpha value is -4.30. The van der Waals surface area contributed by atoms with E-state index in [-0.39, 0.29) is 11.5 Å². The van der Waals surface area contributed by atoms with Gasteiger partial charge in [-0.3, -0.25) is 0 Å². The number of phenols is 2. The summed E-state index contributed by atoms with van der Waals surface area (Å²) in [4.78, 5) is 0. The molecule has 5 aromatic carbocycles. The third kappa shape index (κ3) is 7.06. The molecule has 2 unspecified atom stereocenters. The average Bonchev–Trinajstić information content (AvgIpc) is 3.19. The fourth-order valence-electron chi connectivity index (χ4n) is 10.1. The predicted octanol–water partition coefficient (Wildman–Crippen LogP) is 14.2. The molecule has 0 radical (unpaired) electrons. The van der Waals surface area contributed by atoms with Crippen molar-refractivity contribution < 1.29 is 10.2 Å². The molecular formula is C50H56O2. The number of rotatable bonds is 9. The van der Waals surface area contributed by atoms with Crippen molar-refractivity contribution in [1.82, 2.24) is 0 Å². The van der Waals surface area contributed by atoms with E-state index in [9.17, 15) is 10.2 Å². The molecule has 3 aliphatic rings. The van der Waals surface area contributed by atoms with Crippen molar-refractivity contribution in [2.75, 3.05) is 0 Å². The average molecular weight is 689 g/mol. The summed E-state index contributed by atoms with van der Waals surface area (Å²) in [7, 11) is 0. The van der Waals surface area contributed by atoms with Gasteiger partial charge in [-0.2, -0.15) is 0 Å². The number of phenolic OH excluding ortho intramolecular Hbond substituents is 2. The van der Waals surface area contributed by atoms with E-state index >= 15 is 0 Å². The first kappa shape index (κ1) is 34.8. The molecule has 2 nitrogen and oxygen atoms in total. The van der Waals surface area contributed by atoms with Crippen molar-refractivity contribution in [3.05, 3.63) is 119 Å². The summed E-state index contributed by atoms with van der Waals surface area (Å²) >= 11 is 0. The first-order chi connectivity index (χ1) is 25.5. The summed E-state index contributed by atoms with van der Waals surface area (Å²) in [5.41, 5.74) is 9.70. The molecule has 1 fully saturated rings. The molecule has 52 heavy (non-hydrogen) atoms. The van der Waals surface area contributed by atoms with Gasteiger partial charge in [0.05, 0.1) is 0 Å². The minimum Gasteiger partial charge on any atom is -0.507 e. The maximum atomic E-state index is 11.4. The molecular weight excluding hydrogens is 633 g/mol. The maximum absolute atomic E-state index is 11.4. The van der Waals surface area contributed by atoms with Crippen LogP contribution >= 0.6 is 0 Å². The number of hydrogen-bond donors (Lipinski definition) is 2. The van der Waals surface area contributed by atoms with Gasteiger partial charge in [0.25, 0.3) is 0 Å². The monoisotopic (exact) mass is 688 g/mol. The van der Waals surface area contributed by atoms with Crippen molar-refractivity contribution in [3.63, 3.8) is 0 Å². The van der Waals surface area contributed by atoms with Crippen LogP contribution in [0.25, 0.3) is 43.8 Å². The first-order valence-electron chi connectivity index (χ1n) is 20.5. The minimum atomic E-state index is 0.196. The van der Waals surface area contributed by atoms with E-state index in [4.69, 9.17) is 0 Å². The predicted molar refractivity (Wildman–Crippen MR) is 221 cm³/mol. The van der Waals surface area contributed by atoms with Crippen LogP contribution in [0.4, 0.5) is 0 Å². The van der Waals surface area contributed by atoms with Gasteiger partial charge in [0.2, 0.25) is 0 Å². The van der Waals surface area contributed by atoms with Crippen LogP contribution in [0.15, 0.2) is 97.1 Å². The Morgan fingerprint density at radius 1 is 0.558 bits per heavy atom. The van der Waals surface area contributed by atoms with Crippen LogP contribution < -0.4 is 0 Å². The summed E-state index contributed by atoms with van der Waals surface area (Å²) in [5.74, 6) is 3.68. The molecule has 5 aromatic rings. The Labute approximate surface area is 311 Å². The van der Waals surface area contributed by atoms with Gasteiger partial charge in [-0.25, -0.2) is 0 Å². The van der Waals surface area contributed by atoms with E-state index in [0.29, 0.717) is 17.0 Å². The lowest BCUT2D eigenvalue weighted by molar-refractivity contribution is 0.189. The molecule has 0 bridgehead atoms. The van der Waals surface area contributed by atoms with E-state index in [1.165, 1.54) is 91.2 Å². The van der Waals surface area contributed by atoms with E-state index in [0.717, 1.165) is 71.4 Å². The van der Waals surface area contributed by atoms with E-state index in [2.05, 4.69) is 86.7 Å². The SMILES string of the molecule is CCCc1ccc(C2CC=C(c3ccc4c(-c5c(O)ccc6cc(C7=CCC(C8CCC(CCC)CC8)CC7)ccc56)c(O)ccc4c3)CC2)cc1. The van der Waals surface area contributed by atoms with Gasteiger partial charge in [-0.05, 0) is 161 Å². The Balaban J connectivity index is 1.03. The highest BCUT2D eigenvalue weighted by atomic mass is 16.3. The lowest BCUT2D eigenvalue weighted by atomic mass is 9.70. The summed E-state index contributed by atoms with van der Waals surface area (Å²) in [6, 6.07) is 30.2. The minimum absolute atomic E-state index is 0.196. The van der Waals surface area contributed by atoms with Crippen molar-refractivity contribution in [3.8, 4) is 22.6 Å². The highest BCUT2D eigenvalue weighted by molar-refractivity contribution is 6.10. The molecule has 2 atom stereocenters. The summed E-state index contributed by atoms with van der Waals surface area (Å²) < 4.78 is 0. The van der Waals surface area contributed by atoms with Crippen molar-refractivity contribution in [2.45, 2.75) is 110 Å². The molecule has 8 rings (SSSR count). The van der Waals surface area contributed by atoms with Crippen LogP contribution in [-0.4, -0.2) is 10.2 Å². The number of aryl methyl sites for hydroxylation is 1. The third-order valence-corrected chi connectivity index (χ3v) is 13.1. The molecule has 268 valence electrons. The summed E-state index contributed by atoms with van der Waals surface area (Å²) in [6.07, 6.45) is 22.7. The van der Waals surface area contributed by atoms with Crippen molar-refractivity contribution >= 4 is 32.7 Å². The second-order valence-corrected chi connectivity index (χ2v) is 16.3. The largest absolute Gasteiger partial charge is 0.507 e. The van der Waals surface area contributed by atoms with Crippen LogP contribution in [0.5, 0.6) is 11.5 Å². The number of aromatic hydroxyl groups is 2. The molecule has 0 amide bonds. The zero-order chi connectivity index (χ0) is 35.6. The topological polar surface area (TPSA) is 40.5 Å². The van der Waals surface area contributed by atoms with E-state index < -0.39 is 0 Å². The van der Waals surface area contributed by atoms with Gasteiger partial charge in [-0.1, -0.05) is 119 Å². The summed E-state index contributed by atoms with van der Waals surface area (Å²) in [6.45, 7) is 4.57. The molecule has 2 N–H and O–H groups in total. The van der Waals surface area contributed by atoms with E-state index in [1.54, 1.807) is 12.1 Å². The van der Waals surface area contributed by atoms with Gasteiger partial charge < -0.3 is 10.2 Å². The van der Waals surface area contributed by atoms with Gasteiger partial charge >= 0.3 is 0 Å². The van der Waals surface area contributed by atoms with Gasteiger partial charge in [0.15, 0.2) is 0 Å². The molecule has 1 saturated carbocycles. The van der Waals surface area contributed by atoms with Crippen LogP contribution in [0.1, 0.15) is 125 Å². The quantitative estimate of drug-likeness (QED) is 0.162. The van der Waals surface area contributed by atoms with Gasteiger partial charge in [0, 0.05) is 11.1 Å². The van der Waals surface area contributed by atoms with E-state index in [1.807, 2.05) is 12.1 Å². The highest BCUT2D eigenvalue weighted by Gasteiger charge is 2.29. The smallest absolute Gasteiger partial charge is 0.124 e. The molecule has 0 spiro atoms. The fraction of sp³-hybridized carbons (Fsp3) is 0.400. The third-order valence-electron chi connectivity index (χ3n) is 13.1. The van der Waals surface area contributed by atoms with Crippen molar-refractivity contribution in [2.24, 2.45) is 17.8 Å². The molecule has 2 heteroatoms. The highest BCUT2D eigenvalue weighted by Crippen LogP contribution is 2.47. The lowest BCUT2D eigenvalue weighted by Gasteiger charge is -2.35. The van der Waals surface area contributed by atoms with Gasteiger partial charge in [-0.15, -0.1) is 0 Å². The van der Waals surface area contributed by atoms with Gasteiger partial charge in [0.1, 0.15) is 11.5 Å². The molecule has 0 saturated heterocycles. The first-order valence-corrected chi connectivity index (χ1v) is 20.5. The molecule has 0 aliphatic heterocycles. The van der Waals surface area contributed by atoms with Crippen molar-refractivity contribution in [1.29, 1.82) is 0 Å². The maximum Gasteiger partial charge on any atom is 0.124 e. The number of hydrogen-bond acceptors (Lipinski definition) is 2. The second kappa shape index (κ2) is 15.4. The zero-order valence-corrected chi connectivity index (χ0v) is 31.3. The zero-order valence-electron chi connectivity index (χ0n) is 31.3. The molecule has 3 aliphatic carbocycles. The lowest BCUT2D eigenvalue weighted by Crippen LogP contribution is -2.23. The van der Waals surface area contributed by atoms with Crippen LogP contribution in [0.3, 0.4) is 0 Å². The Kier molecular flexibility index (Phi) is 10.3. The van der Waals surface area contributed by atoms with Crippen LogP contribution in [0.2, 0.25) is 0 Å². The number of allylic oxidation sites excluding steroid dienone is 4. The molecule has 0 heterocycles. The summed E-state index contributed by atoms with van der Waals surface area (Å²) in [5, 5.41) is 26.8. The Bertz CT molecular complexity index is 2110. The standard InChI is InChI=1S/C50H56O2/c1-3-5-33-7-11-35(12-8-33)37-15-19-39(20-16-37)41-23-27-45-43(31-41)25-29-47(51)49(45)50-46-28-24-42(32-44(46)26-30-48(50)52)40-21-17-38(18-22-40)36-13-9-34(6-4-2)10-14-36/h7-8,11-12,19,21,23-32,34,36-38,51-52H,3-6,9-10,13-18,20,22H2,1-2H3. The second-order valence-electron chi connectivity index (χ2n) is 16.3. The van der Waals surface area contributed by atoms with Crippen LogP contribution in [-0.2, 0) is 6.42 Å².